The molecule has 25 heavy (non-hydrogen) atoms. The maximum absolute atomic E-state index is 12.5. The monoisotopic (exact) mass is 421 g/mol. The number of hydrogen-bond acceptors (Lipinski definition) is 3. The number of piperidine rings is 1. The maximum Gasteiger partial charge on any atom is 0.314 e. The van der Waals surface area contributed by atoms with Crippen molar-refractivity contribution in [3.63, 3.8) is 0 Å². The van der Waals surface area contributed by atoms with Crippen LogP contribution in [0.2, 0.25) is 5.02 Å². The maximum atomic E-state index is 12.5. The number of carbonyl (C=O) groups is 2. The van der Waals surface area contributed by atoms with E-state index in [1.54, 1.807) is 35.2 Å². The number of carbonyl (C=O) groups excluding carboxylic acids is 2. The Morgan fingerprint density at radius 3 is 2.32 bits per heavy atom. The van der Waals surface area contributed by atoms with Crippen molar-refractivity contribution in [3.8, 4) is 5.75 Å². The first kappa shape index (κ1) is 18.0. The van der Waals surface area contributed by atoms with Gasteiger partial charge in [0.1, 0.15) is 5.75 Å². The first-order valence-corrected chi connectivity index (χ1v) is 9.23. The quantitative estimate of drug-likeness (QED) is 0.538. The molecule has 130 valence electrons. The van der Waals surface area contributed by atoms with Crippen LogP contribution in [0.15, 0.2) is 53.0 Å². The number of nitrogens with zero attached hydrogens (tertiary/aromatic N) is 1. The van der Waals surface area contributed by atoms with Crippen LogP contribution in [0, 0.1) is 5.92 Å². The summed E-state index contributed by atoms with van der Waals surface area (Å²) in [6, 6.07) is 14.1. The second kappa shape index (κ2) is 8.02. The molecule has 1 heterocycles. The molecule has 0 radical (unpaired) electrons. The first-order chi connectivity index (χ1) is 12.0. The zero-order chi connectivity index (χ0) is 17.8. The van der Waals surface area contributed by atoms with Gasteiger partial charge >= 0.3 is 5.97 Å². The fraction of sp³-hybridized carbons (Fsp3) is 0.263. The van der Waals surface area contributed by atoms with Crippen LogP contribution in [0.25, 0.3) is 0 Å². The molecule has 1 aliphatic heterocycles. The number of hydrogen-bond donors (Lipinski definition) is 0. The van der Waals surface area contributed by atoms with Gasteiger partial charge < -0.3 is 9.64 Å². The smallest absolute Gasteiger partial charge is 0.314 e. The molecule has 1 fully saturated rings. The number of amides is 1. The lowest BCUT2D eigenvalue weighted by atomic mass is 9.96. The number of esters is 1. The van der Waals surface area contributed by atoms with Gasteiger partial charge in [0.15, 0.2) is 0 Å². The topological polar surface area (TPSA) is 46.6 Å². The Labute approximate surface area is 159 Å². The van der Waals surface area contributed by atoms with Crippen molar-refractivity contribution in [1.29, 1.82) is 0 Å². The van der Waals surface area contributed by atoms with Crippen molar-refractivity contribution in [2.24, 2.45) is 5.92 Å². The molecule has 0 spiro atoms. The van der Waals surface area contributed by atoms with Crippen molar-refractivity contribution >= 4 is 39.4 Å². The molecule has 0 aliphatic carbocycles. The van der Waals surface area contributed by atoms with Crippen LogP contribution < -0.4 is 4.74 Å². The van der Waals surface area contributed by atoms with Crippen LogP contribution in [0.1, 0.15) is 23.2 Å². The average molecular weight is 423 g/mol. The van der Waals surface area contributed by atoms with Crippen molar-refractivity contribution in [2.75, 3.05) is 13.1 Å². The van der Waals surface area contributed by atoms with Gasteiger partial charge in [-0.05, 0) is 65.2 Å². The number of likely N-dealkylation sites (tertiary alicyclic amines) is 1. The van der Waals surface area contributed by atoms with E-state index in [2.05, 4.69) is 15.9 Å². The molecular formula is C19H17BrClNO3. The molecule has 2 aromatic rings. The van der Waals surface area contributed by atoms with Crippen LogP contribution >= 0.6 is 27.5 Å². The molecule has 2 aromatic carbocycles. The fourth-order valence-electron chi connectivity index (χ4n) is 2.81. The largest absolute Gasteiger partial charge is 0.425 e. The van der Waals surface area contributed by atoms with Gasteiger partial charge in [0.25, 0.3) is 5.91 Å². The third kappa shape index (κ3) is 4.41. The van der Waals surface area contributed by atoms with Crippen molar-refractivity contribution in [3.05, 3.63) is 63.6 Å². The first-order valence-electron chi connectivity index (χ1n) is 8.05. The minimum atomic E-state index is -0.245. The Morgan fingerprint density at radius 2 is 1.68 bits per heavy atom. The highest BCUT2D eigenvalue weighted by atomic mass is 79.9. The predicted octanol–water partition coefficient (Wildman–Crippen LogP) is 4.56. The summed E-state index contributed by atoms with van der Waals surface area (Å²) in [5.74, 6) is 0.0494. The standard InChI is InChI=1S/C19H17BrClNO3/c20-16-3-1-2-4-17(16)25-19(24)14-9-11-22(12-10-14)18(23)13-5-7-15(21)8-6-13/h1-8,14H,9-12H2. The highest BCUT2D eigenvalue weighted by Crippen LogP contribution is 2.27. The Hall–Kier alpha value is -1.85. The average Bonchev–Trinajstić information content (AvgIpc) is 2.64. The van der Waals surface area contributed by atoms with Crippen LogP contribution in [-0.2, 0) is 4.79 Å². The molecule has 0 saturated carbocycles. The van der Waals surface area contributed by atoms with Gasteiger partial charge in [-0.2, -0.15) is 0 Å². The number of halogens is 2. The van der Waals surface area contributed by atoms with Gasteiger partial charge in [-0.1, -0.05) is 23.7 Å². The van der Waals surface area contributed by atoms with Crippen molar-refractivity contribution in [2.45, 2.75) is 12.8 Å². The van der Waals surface area contributed by atoms with Gasteiger partial charge in [0.2, 0.25) is 0 Å². The van der Waals surface area contributed by atoms with Gasteiger partial charge in [-0.15, -0.1) is 0 Å². The van der Waals surface area contributed by atoms with E-state index in [4.69, 9.17) is 16.3 Å². The summed E-state index contributed by atoms with van der Waals surface area (Å²) in [4.78, 5) is 26.6. The zero-order valence-electron chi connectivity index (χ0n) is 13.5. The second-order valence-electron chi connectivity index (χ2n) is 5.92. The van der Waals surface area contributed by atoms with E-state index >= 15 is 0 Å². The van der Waals surface area contributed by atoms with E-state index in [1.165, 1.54) is 0 Å². The summed E-state index contributed by atoms with van der Waals surface area (Å²) < 4.78 is 6.22. The SMILES string of the molecule is O=C(Oc1ccccc1Br)C1CCN(C(=O)c2ccc(Cl)cc2)CC1. The summed E-state index contributed by atoms with van der Waals surface area (Å²) in [7, 11) is 0. The second-order valence-corrected chi connectivity index (χ2v) is 7.22. The summed E-state index contributed by atoms with van der Waals surface area (Å²) in [5.41, 5.74) is 0.610. The number of para-hydroxylation sites is 1. The minimum absolute atomic E-state index is 0.0331. The Balaban J connectivity index is 1.56. The molecule has 0 atom stereocenters. The van der Waals surface area contributed by atoms with Gasteiger partial charge in [0, 0.05) is 23.7 Å². The number of rotatable bonds is 3. The predicted molar refractivity (Wildman–Crippen MR) is 99.9 cm³/mol. The molecule has 4 nitrogen and oxygen atoms in total. The van der Waals surface area contributed by atoms with Crippen molar-refractivity contribution in [1.82, 2.24) is 4.90 Å². The summed E-state index contributed by atoms with van der Waals surface area (Å²) in [6.45, 7) is 1.08. The zero-order valence-corrected chi connectivity index (χ0v) is 15.8. The van der Waals surface area contributed by atoms with Gasteiger partial charge in [-0.3, -0.25) is 9.59 Å². The Kier molecular flexibility index (Phi) is 5.76. The summed E-state index contributed by atoms with van der Waals surface area (Å²) in [5, 5.41) is 0.602. The van der Waals surface area contributed by atoms with Crippen molar-refractivity contribution < 1.29 is 14.3 Å². The van der Waals surface area contributed by atoms with E-state index in [1.807, 2.05) is 18.2 Å². The molecule has 0 bridgehead atoms. The molecule has 0 unspecified atom stereocenters. The van der Waals surface area contributed by atoms with E-state index in [-0.39, 0.29) is 17.8 Å². The van der Waals surface area contributed by atoms with Crippen LogP contribution in [0.4, 0.5) is 0 Å². The Bertz CT molecular complexity index is 770. The lowest BCUT2D eigenvalue weighted by molar-refractivity contribution is -0.140. The van der Waals surface area contributed by atoms with E-state index in [0.29, 0.717) is 42.3 Å². The third-order valence-corrected chi connectivity index (χ3v) is 5.16. The number of benzene rings is 2. The van der Waals surface area contributed by atoms with Crippen LogP contribution in [0.3, 0.4) is 0 Å². The van der Waals surface area contributed by atoms with E-state index in [9.17, 15) is 9.59 Å². The molecule has 6 heteroatoms. The van der Waals surface area contributed by atoms with Crippen LogP contribution in [0.5, 0.6) is 5.75 Å². The third-order valence-electron chi connectivity index (χ3n) is 4.25. The van der Waals surface area contributed by atoms with Crippen LogP contribution in [-0.4, -0.2) is 29.9 Å². The molecule has 1 amide bonds. The highest BCUT2D eigenvalue weighted by Gasteiger charge is 2.29. The van der Waals surface area contributed by atoms with Gasteiger partial charge in [-0.25, -0.2) is 0 Å². The molecule has 1 aliphatic rings. The normalized spacial score (nSPS) is 15.0. The van der Waals surface area contributed by atoms with E-state index < -0.39 is 0 Å². The molecule has 0 aromatic heterocycles. The lowest BCUT2D eigenvalue weighted by Crippen LogP contribution is -2.41. The van der Waals surface area contributed by atoms with E-state index in [0.717, 1.165) is 4.47 Å². The summed E-state index contributed by atoms with van der Waals surface area (Å²) >= 11 is 9.22. The Morgan fingerprint density at radius 1 is 1.04 bits per heavy atom. The lowest BCUT2D eigenvalue weighted by Gasteiger charge is -2.31. The number of ether oxygens (including phenoxy) is 1. The molecular weight excluding hydrogens is 406 g/mol. The van der Waals surface area contributed by atoms with Gasteiger partial charge in [0.05, 0.1) is 10.4 Å². The molecule has 0 N–H and O–H groups in total. The molecule has 3 rings (SSSR count). The fourth-order valence-corrected chi connectivity index (χ4v) is 3.30. The highest BCUT2D eigenvalue weighted by molar-refractivity contribution is 9.10. The minimum Gasteiger partial charge on any atom is -0.425 e. The summed E-state index contributed by atoms with van der Waals surface area (Å²) in [6.07, 6.45) is 1.20. The molecule has 1 saturated heterocycles.